The third-order valence-electron chi connectivity index (χ3n) is 1.77. The Morgan fingerprint density at radius 1 is 1.27 bits per heavy atom. The molecule has 0 heterocycles. The minimum atomic E-state index is -4.45. The molecule has 0 aliphatic rings. The Balaban J connectivity index is 3.06. The van der Waals surface area contributed by atoms with Crippen LogP contribution in [0.5, 0.6) is 0 Å². The molecule has 0 saturated heterocycles. The summed E-state index contributed by atoms with van der Waals surface area (Å²) in [4.78, 5) is 9.14. The number of rotatable bonds is 2. The van der Waals surface area contributed by atoms with Crippen LogP contribution in [0.15, 0.2) is 24.3 Å². The van der Waals surface area contributed by atoms with E-state index in [2.05, 4.69) is 4.52 Å². The van der Waals surface area contributed by atoms with E-state index in [4.69, 9.17) is 4.89 Å². The van der Waals surface area contributed by atoms with Crippen LogP contribution in [-0.2, 0) is 15.3 Å². The molecule has 1 aromatic carbocycles. The maximum Gasteiger partial charge on any atom is 0.416 e. The van der Waals surface area contributed by atoms with Crippen molar-refractivity contribution in [2.45, 2.75) is 6.18 Å². The Kier molecular flexibility index (Phi) is 3.23. The van der Waals surface area contributed by atoms with Gasteiger partial charge in [0.1, 0.15) is 0 Å². The quantitative estimate of drug-likeness (QED) is 0.805. The topological polar surface area (TPSA) is 46.5 Å². The molecule has 7 heteroatoms. The van der Waals surface area contributed by atoms with E-state index in [0.29, 0.717) is 0 Å². The molecule has 3 nitrogen and oxygen atoms in total. The molecule has 1 rings (SSSR count). The summed E-state index contributed by atoms with van der Waals surface area (Å²) < 4.78 is 51.9. The number of benzene rings is 1. The van der Waals surface area contributed by atoms with Gasteiger partial charge in [-0.15, -0.1) is 0 Å². The molecule has 0 saturated carbocycles. The van der Waals surface area contributed by atoms with Gasteiger partial charge in [0.05, 0.1) is 10.9 Å². The molecule has 0 aromatic heterocycles. The lowest BCUT2D eigenvalue weighted by atomic mass is 10.2. The average Bonchev–Trinajstić information content (AvgIpc) is 2.17. The van der Waals surface area contributed by atoms with E-state index in [1.807, 2.05) is 0 Å². The third-order valence-corrected chi connectivity index (χ3v) is 3.21. The second kappa shape index (κ2) is 3.96. The molecule has 1 atom stereocenters. The van der Waals surface area contributed by atoms with Crippen molar-refractivity contribution in [3.63, 3.8) is 0 Å². The molecular formula is C8H8F3O3P. The first-order valence-electron chi connectivity index (χ1n) is 3.84. The van der Waals surface area contributed by atoms with E-state index in [0.717, 1.165) is 31.4 Å². The van der Waals surface area contributed by atoms with Crippen LogP contribution in [0.25, 0.3) is 0 Å². The summed E-state index contributed by atoms with van der Waals surface area (Å²) in [6.07, 6.45) is -4.45. The standard InChI is InChI=1S/C8H8F3O3P/c1-14-15(12,13)7-4-2-6(3-5-7)8(9,10)11/h2-5H,1H3,(H,12,13). The first-order chi connectivity index (χ1) is 6.77. The molecule has 0 aliphatic heterocycles. The summed E-state index contributed by atoms with van der Waals surface area (Å²) >= 11 is 0. The lowest BCUT2D eigenvalue weighted by molar-refractivity contribution is -0.137. The maximum absolute atomic E-state index is 12.1. The number of alkyl halides is 3. The van der Waals surface area contributed by atoms with Gasteiger partial charge in [0.15, 0.2) is 0 Å². The molecule has 1 N–H and O–H groups in total. The Hall–Kier alpha value is -0.840. The van der Waals surface area contributed by atoms with Gasteiger partial charge >= 0.3 is 13.8 Å². The molecule has 0 spiro atoms. The van der Waals surface area contributed by atoms with Crippen molar-refractivity contribution in [3.05, 3.63) is 29.8 Å². The molecule has 0 fully saturated rings. The van der Waals surface area contributed by atoms with Gasteiger partial charge in [0, 0.05) is 7.11 Å². The van der Waals surface area contributed by atoms with E-state index in [1.165, 1.54) is 0 Å². The summed E-state index contributed by atoms with van der Waals surface area (Å²) in [5.41, 5.74) is -0.873. The highest BCUT2D eigenvalue weighted by molar-refractivity contribution is 7.61. The SMILES string of the molecule is COP(=O)(O)c1ccc(C(F)(F)F)cc1. The molecule has 0 amide bonds. The van der Waals surface area contributed by atoms with E-state index in [-0.39, 0.29) is 5.30 Å². The van der Waals surface area contributed by atoms with Crippen molar-refractivity contribution in [3.8, 4) is 0 Å². The summed E-state index contributed by atoms with van der Waals surface area (Å²) in [6, 6.07) is 3.31. The molecule has 0 bridgehead atoms. The highest BCUT2D eigenvalue weighted by atomic mass is 31.2. The third kappa shape index (κ3) is 2.81. The summed E-state index contributed by atoms with van der Waals surface area (Å²) in [5.74, 6) is 0. The molecule has 84 valence electrons. The van der Waals surface area contributed by atoms with Crippen LogP contribution in [0.3, 0.4) is 0 Å². The summed E-state index contributed by atoms with van der Waals surface area (Å²) in [5, 5.41) is -0.169. The predicted molar refractivity (Wildman–Crippen MR) is 47.9 cm³/mol. The monoisotopic (exact) mass is 240 g/mol. The van der Waals surface area contributed by atoms with E-state index < -0.39 is 19.3 Å². The minimum absolute atomic E-state index is 0.169. The van der Waals surface area contributed by atoms with Crippen molar-refractivity contribution >= 4 is 12.9 Å². The first kappa shape index (κ1) is 12.2. The van der Waals surface area contributed by atoms with Crippen molar-refractivity contribution in [2.75, 3.05) is 7.11 Å². The summed E-state index contributed by atoms with van der Waals surface area (Å²) in [6.45, 7) is 0. The van der Waals surface area contributed by atoms with Crippen molar-refractivity contribution in [1.29, 1.82) is 0 Å². The van der Waals surface area contributed by atoms with Crippen LogP contribution >= 0.6 is 7.60 Å². The predicted octanol–water partition coefficient (Wildman–Crippen LogP) is 2.16. The second-order valence-electron chi connectivity index (χ2n) is 2.75. The summed E-state index contributed by atoms with van der Waals surface area (Å²) in [7, 11) is -2.95. The zero-order valence-corrected chi connectivity index (χ0v) is 8.55. The van der Waals surface area contributed by atoms with Gasteiger partial charge in [-0.1, -0.05) is 0 Å². The van der Waals surface area contributed by atoms with E-state index in [1.54, 1.807) is 0 Å². The molecular weight excluding hydrogens is 232 g/mol. The van der Waals surface area contributed by atoms with Gasteiger partial charge in [-0.2, -0.15) is 13.2 Å². The van der Waals surface area contributed by atoms with Crippen molar-refractivity contribution < 1.29 is 27.2 Å². The Labute approximate surface area is 84.0 Å². The fraction of sp³-hybridized carbons (Fsp3) is 0.250. The van der Waals surface area contributed by atoms with Crippen LogP contribution < -0.4 is 5.30 Å². The van der Waals surface area contributed by atoms with Crippen LogP contribution in [0.1, 0.15) is 5.56 Å². The fourth-order valence-corrected chi connectivity index (χ4v) is 1.68. The first-order valence-corrected chi connectivity index (χ1v) is 5.41. The van der Waals surface area contributed by atoms with E-state index in [9.17, 15) is 17.7 Å². The van der Waals surface area contributed by atoms with Crippen molar-refractivity contribution in [1.82, 2.24) is 0 Å². The Bertz CT molecular complexity index is 385. The molecule has 0 aliphatic carbocycles. The fourth-order valence-electron chi connectivity index (χ4n) is 0.944. The van der Waals surface area contributed by atoms with Gasteiger partial charge in [-0.25, -0.2) is 0 Å². The zero-order chi connectivity index (χ0) is 11.7. The van der Waals surface area contributed by atoms with Crippen LogP contribution in [0.2, 0.25) is 0 Å². The van der Waals surface area contributed by atoms with Gasteiger partial charge in [0.2, 0.25) is 0 Å². The number of hydrogen-bond donors (Lipinski definition) is 1. The van der Waals surface area contributed by atoms with Gasteiger partial charge in [0.25, 0.3) is 0 Å². The van der Waals surface area contributed by atoms with Gasteiger partial charge < -0.3 is 9.42 Å². The smallest absolute Gasteiger partial charge is 0.321 e. The molecule has 1 aromatic rings. The number of hydrogen-bond acceptors (Lipinski definition) is 2. The Morgan fingerprint density at radius 2 is 1.73 bits per heavy atom. The average molecular weight is 240 g/mol. The molecule has 0 radical (unpaired) electrons. The zero-order valence-electron chi connectivity index (χ0n) is 7.65. The normalized spacial score (nSPS) is 16.1. The largest absolute Gasteiger partial charge is 0.416 e. The van der Waals surface area contributed by atoms with Crippen LogP contribution in [-0.4, -0.2) is 12.0 Å². The minimum Gasteiger partial charge on any atom is -0.321 e. The maximum atomic E-state index is 12.1. The van der Waals surface area contributed by atoms with Crippen LogP contribution in [0.4, 0.5) is 13.2 Å². The highest BCUT2D eigenvalue weighted by Crippen LogP contribution is 2.40. The van der Waals surface area contributed by atoms with Crippen LogP contribution in [0, 0.1) is 0 Å². The van der Waals surface area contributed by atoms with E-state index >= 15 is 0 Å². The lowest BCUT2D eigenvalue weighted by Gasteiger charge is -2.10. The second-order valence-corrected chi connectivity index (χ2v) is 4.67. The number of halogens is 3. The van der Waals surface area contributed by atoms with Gasteiger partial charge in [-0.05, 0) is 24.3 Å². The van der Waals surface area contributed by atoms with Crippen molar-refractivity contribution in [2.24, 2.45) is 0 Å². The van der Waals surface area contributed by atoms with Gasteiger partial charge in [-0.3, -0.25) is 4.57 Å². The Morgan fingerprint density at radius 3 is 2.07 bits per heavy atom. The molecule has 15 heavy (non-hydrogen) atoms. The highest BCUT2D eigenvalue weighted by Gasteiger charge is 2.31. The molecule has 1 unspecified atom stereocenters. The lowest BCUT2D eigenvalue weighted by Crippen LogP contribution is -2.09.